The fourth-order valence-corrected chi connectivity index (χ4v) is 2.39. The Labute approximate surface area is 134 Å². The van der Waals surface area contributed by atoms with Crippen LogP contribution in [0.25, 0.3) is 0 Å². The number of ether oxygens (including phenoxy) is 3. The van der Waals surface area contributed by atoms with Gasteiger partial charge in [0.2, 0.25) is 5.91 Å². The van der Waals surface area contributed by atoms with Crippen molar-refractivity contribution in [2.75, 3.05) is 33.5 Å². The van der Waals surface area contributed by atoms with Gasteiger partial charge >= 0.3 is 5.97 Å². The number of carboxylic acids is 1. The van der Waals surface area contributed by atoms with E-state index in [0.29, 0.717) is 18.1 Å². The zero-order chi connectivity index (χ0) is 16.8. The van der Waals surface area contributed by atoms with Gasteiger partial charge in [-0.2, -0.15) is 0 Å². The number of hydrogen-bond acceptors (Lipinski definition) is 5. The van der Waals surface area contributed by atoms with E-state index in [9.17, 15) is 9.59 Å². The Morgan fingerprint density at radius 3 is 2.87 bits per heavy atom. The Morgan fingerprint density at radius 1 is 1.39 bits per heavy atom. The fourth-order valence-electron chi connectivity index (χ4n) is 2.39. The second kappa shape index (κ2) is 7.82. The number of rotatable bonds is 6. The molecule has 7 heteroatoms. The highest BCUT2D eigenvalue weighted by molar-refractivity contribution is 5.84. The fraction of sp³-hybridized carbons (Fsp3) is 0.500. The molecule has 0 aromatic heterocycles. The summed E-state index contributed by atoms with van der Waals surface area (Å²) in [7, 11) is 1.55. The maximum Gasteiger partial charge on any atom is 0.328 e. The van der Waals surface area contributed by atoms with Crippen molar-refractivity contribution in [2.45, 2.75) is 19.4 Å². The van der Waals surface area contributed by atoms with Gasteiger partial charge in [-0.05, 0) is 24.6 Å². The van der Waals surface area contributed by atoms with Crippen molar-refractivity contribution in [1.29, 1.82) is 0 Å². The number of carboxylic acid groups (broad SMARTS) is 1. The van der Waals surface area contributed by atoms with Gasteiger partial charge in [-0.3, -0.25) is 4.79 Å². The van der Waals surface area contributed by atoms with Crippen molar-refractivity contribution in [2.24, 2.45) is 0 Å². The van der Waals surface area contributed by atoms with Gasteiger partial charge in [-0.15, -0.1) is 0 Å². The van der Waals surface area contributed by atoms with E-state index in [1.165, 1.54) is 4.90 Å². The van der Waals surface area contributed by atoms with Gasteiger partial charge in [0.1, 0.15) is 0 Å². The molecule has 1 fully saturated rings. The standard InChI is InChI=1S/C16H21NO6/c1-11-3-4-13(14(9-11)21-2)23-7-5-15(18)17-6-8-22-10-12(17)16(19)20/h3-4,9,12H,5-8,10H2,1-2H3,(H,19,20)/t12-/m0/s1. The van der Waals surface area contributed by atoms with Crippen LogP contribution in [0.4, 0.5) is 0 Å². The summed E-state index contributed by atoms with van der Waals surface area (Å²) in [6, 6.07) is 4.60. The molecule has 0 bridgehead atoms. The molecule has 0 radical (unpaired) electrons. The predicted octanol–water partition coefficient (Wildman–Crippen LogP) is 1.08. The SMILES string of the molecule is COc1cc(C)ccc1OCCC(=O)N1CCOC[C@H]1C(=O)O. The summed E-state index contributed by atoms with van der Waals surface area (Å²) in [4.78, 5) is 24.7. The van der Waals surface area contributed by atoms with Crippen LogP contribution in [0.5, 0.6) is 11.5 Å². The first-order valence-corrected chi connectivity index (χ1v) is 7.40. The predicted molar refractivity (Wildman–Crippen MR) is 81.8 cm³/mol. The molecule has 0 spiro atoms. The van der Waals surface area contributed by atoms with Crippen LogP contribution < -0.4 is 9.47 Å². The summed E-state index contributed by atoms with van der Waals surface area (Å²) < 4.78 is 15.9. The lowest BCUT2D eigenvalue weighted by Crippen LogP contribution is -2.52. The molecule has 1 saturated heterocycles. The second-order valence-electron chi connectivity index (χ2n) is 5.27. The highest BCUT2D eigenvalue weighted by Gasteiger charge is 2.32. The molecule has 1 aliphatic rings. The number of aryl methyl sites for hydroxylation is 1. The zero-order valence-corrected chi connectivity index (χ0v) is 13.3. The molecule has 1 aliphatic heterocycles. The van der Waals surface area contributed by atoms with E-state index >= 15 is 0 Å². The largest absolute Gasteiger partial charge is 0.493 e. The molecule has 0 saturated carbocycles. The number of carbonyl (C=O) groups is 2. The number of methoxy groups -OCH3 is 1. The minimum absolute atomic E-state index is 0.0215. The summed E-state index contributed by atoms with van der Waals surface area (Å²) in [5, 5.41) is 9.13. The van der Waals surface area contributed by atoms with Gasteiger partial charge in [0.15, 0.2) is 17.5 Å². The van der Waals surface area contributed by atoms with Crippen LogP contribution in [-0.2, 0) is 14.3 Å². The number of morpholine rings is 1. The molecule has 1 heterocycles. The number of amides is 1. The lowest BCUT2D eigenvalue weighted by Gasteiger charge is -2.32. The van der Waals surface area contributed by atoms with Gasteiger partial charge in [0.05, 0.1) is 33.4 Å². The molecule has 1 atom stereocenters. The lowest BCUT2D eigenvalue weighted by molar-refractivity contribution is -0.158. The van der Waals surface area contributed by atoms with E-state index < -0.39 is 12.0 Å². The Kier molecular flexibility index (Phi) is 5.81. The van der Waals surface area contributed by atoms with Crippen LogP contribution >= 0.6 is 0 Å². The maximum absolute atomic E-state index is 12.2. The normalized spacial score (nSPS) is 17.7. The van der Waals surface area contributed by atoms with Crippen LogP contribution in [0.1, 0.15) is 12.0 Å². The third-order valence-corrected chi connectivity index (χ3v) is 3.63. The third-order valence-electron chi connectivity index (χ3n) is 3.63. The van der Waals surface area contributed by atoms with Crippen molar-refractivity contribution in [1.82, 2.24) is 4.90 Å². The molecule has 2 rings (SSSR count). The van der Waals surface area contributed by atoms with E-state index in [4.69, 9.17) is 19.3 Å². The summed E-state index contributed by atoms with van der Waals surface area (Å²) in [5.74, 6) is -0.152. The van der Waals surface area contributed by atoms with Gasteiger partial charge < -0.3 is 24.2 Å². The van der Waals surface area contributed by atoms with Gasteiger partial charge in [-0.25, -0.2) is 4.79 Å². The Morgan fingerprint density at radius 2 is 2.17 bits per heavy atom. The highest BCUT2D eigenvalue weighted by Crippen LogP contribution is 2.27. The average molecular weight is 323 g/mol. The topological polar surface area (TPSA) is 85.3 Å². The van der Waals surface area contributed by atoms with Crippen molar-refractivity contribution in [3.8, 4) is 11.5 Å². The third kappa shape index (κ3) is 4.35. The maximum atomic E-state index is 12.2. The molecule has 1 amide bonds. The van der Waals surface area contributed by atoms with Gasteiger partial charge in [-0.1, -0.05) is 6.07 Å². The second-order valence-corrected chi connectivity index (χ2v) is 5.27. The van der Waals surface area contributed by atoms with E-state index in [1.54, 1.807) is 13.2 Å². The number of nitrogens with zero attached hydrogens (tertiary/aromatic N) is 1. The Balaban J connectivity index is 1.90. The minimum Gasteiger partial charge on any atom is -0.493 e. The molecule has 1 aromatic carbocycles. The highest BCUT2D eigenvalue weighted by atomic mass is 16.5. The quantitative estimate of drug-likeness (QED) is 0.843. The first-order chi connectivity index (χ1) is 11.0. The Hall–Kier alpha value is -2.28. The van der Waals surface area contributed by atoms with Crippen molar-refractivity contribution < 1.29 is 28.9 Å². The van der Waals surface area contributed by atoms with Crippen LogP contribution in [0.15, 0.2) is 18.2 Å². The lowest BCUT2D eigenvalue weighted by atomic mass is 10.2. The smallest absolute Gasteiger partial charge is 0.328 e. The average Bonchev–Trinajstić information content (AvgIpc) is 2.55. The monoisotopic (exact) mass is 323 g/mol. The van der Waals surface area contributed by atoms with Crippen LogP contribution in [0, 0.1) is 6.92 Å². The Bertz CT molecular complexity index is 574. The summed E-state index contributed by atoms with van der Waals surface area (Å²) in [5.41, 5.74) is 1.04. The molecular formula is C16H21NO6. The van der Waals surface area contributed by atoms with Crippen LogP contribution in [0.3, 0.4) is 0 Å². The molecule has 0 unspecified atom stereocenters. The van der Waals surface area contributed by atoms with E-state index in [1.807, 2.05) is 19.1 Å². The van der Waals surface area contributed by atoms with Crippen LogP contribution in [-0.4, -0.2) is 61.4 Å². The summed E-state index contributed by atoms with van der Waals surface area (Å²) >= 11 is 0. The molecule has 23 heavy (non-hydrogen) atoms. The molecule has 7 nitrogen and oxygen atoms in total. The molecule has 1 N–H and O–H groups in total. The van der Waals surface area contributed by atoms with E-state index in [0.717, 1.165) is 5.56 Å². The van der Waals surface area contributed by atoms with E-state index in [-0.39, 0.29) is 32.1 Å². The van der Waals surface area contributed by atoms with Gasteiger partial charge in [0.25, 0.3) is 0 Å². The summed E-state index contributed by atoms with van der Waals surface area (Å²) in [6.07, 6.45) is 0.0980. The van der Waals surface area contributed by atoms with Crippen molar-refractivity contribution >= 4 is 11.9 Å². The molecule has 126 valence electrons. The number of benzene rings is 1. The number of hydrogen-bond donors (Lipinski definition) is 1. The molecular weight excluding hydrogens is 302 g/mol. The van der Waals surface area contributed by atoms with Gasteiger partial charge in [0, 0.05) is 6.54 Å². The van der Waals surface area contributed by atoms with Crippen molar-refractivity contribution in [3.05, 3.63) is 23.8 Å². The van der Waals surface area contributed by atoms with Crippen molar-refractivity contribution in [3.63, 3.8) is 0 Å². The molecule has 0 aliphatic carbocycles. The van der Waals surface area contributed by atoms with Crippen LogP contribution in [0.2, 0.25) is 0 Å². The first-order valence-electron chi connectivity index (χ1n) is 7.40. The number of aliphatic carboxylic acids is 1. The molecule has 1 aromatic rings. The number of carbonyl (C=O) groups excluding carboxylic acids is 1. The minimum atomic E-state index is -1.06. The zero-order valence-electron chi connectivity index (χ0n) is 13.3. The van der Waals surface area contributed by atoms with E-state index in [2.05, 4.69) is 0 Å². The first kappa shape index (κ1) is 17.1. The summed E-state index contributed by atoms with van der Waals surface area (Å²) in [6.45, 7) is 2.75.